The molecule has 0 aliphatic carbocycles. The Morgan fingerprint density at radius 2 is 1.49 bits per heavy atom. The summed E-state index contributed by atoms with van der Waals surface area (Å²) < 4.78 is 94.6. The molecule has 0 saturated heterocycles. The maximum Gasteiger partial charge on any atom is 0.418 e. The number of ether oxygens (including phenoxy) is 1. The van der Waals surface area contributed by atoms with Crippen LogP contribution in [0.2, 0.25) is 0 Å². The lowest BCUT2D eigenvalue weighted by Crippen LogP contribution is -2.68. The number of carbonyl (C=O) groups excluding carboxylic acids is 1. The number of carbonyl (C=O) groups is 1. The highest BCUT2D eigenvalue weighted by Gasteiger charge is 2.74. The van der Waals surface area contributed by atoms with Crippen LogP contribution in [0.1, 0.15) is 62.0 Å². The topological polar surface area (TPSA) is 55.4 Å². The second kappa shape index (κ2) is 10.7. The molecular formula is C25H30F5NO3S. The zero-order chi connectivity index (χ0) is 26.7. The van der Waals surface area contributed by atoms with Gasteiger partial charge in [-0.15, -0.1) is 0 Å². The van der Waals surface area contributed by atoms with Gasteiger partial charge in [-0.3, -0.25) is 4.79 Å². The van der Waals surface area contributed by atoms with Gasteiger partial charge in [-0.1, -0.05) is 55.3 Å². The number of aryl methyl sites for hydroxylation is 1. The fraction of sp³-hybridized carbons (Fsp3) is 0.480. The molecule has 2 atom stereocenters. The quantitative estimate of drug-likeness (QED) is 0.221. The van der Waals surface area contributed by atoms with Gasteiger partial charge in [-0.05, 0) is 51.8 Å². The first-order valence-corrected chi connectivity index (χ1v) is 12.2. The second-order valence-corrected chi connectivity index (χ2v) is 11.2. The molecule has 2 aromatic carbocycles. The van der Waals surface area contributed by atoms with Gasteiger partial charge in [-0.2, -0.15) is 22.0 Å². The normalized spacial score (nSPS) is 15.4. The van der Waals surface area contributed by atoms with E-state index in [1.165, 1.54) is 32.9 Å². The summed E-state index contributed by atoms with van der Waals surface area (Å²) in [4.78, 5) is 12.9. The molecule has 0 bridgehead atoms. The Balaban J connectivity index is 2.73. The summed E-state index contributed by atoms with van der Waals surface area (Å²) in [5, 5.41) is 0. The third-order valence-electron chi connectivity index (χ3n) is 5.35. The van der Waals surface area contributed by atoms with Crippen molar-refractivity contribution in [2.24, 2.45) is 0 Å². The van der Waals surface area contributed by atoms with Gasteiger partial charge in [0, 0.05) is 5.56 Å². The molecule has 0 aliphatic heterocycles. The Morgan fingerprint density at radius 3 is 1.94 bits per heavy atom. The summed E-state index contributed by atoms with van der Waals surface area (Å²) in [6, 6.07) is 8.66. The van der Waals surface area contributed by atoms with Gasteiger partial charge in [0.05, 0.1) is 22.3 Å². The third kappa shape index (κ3) is 6.09. The Kier molecular flexibility index (Phi) is 8.87. The van der Waals surface area contributed by atoms with Crippen molar-refractivity contribution < 1.29 is 35.7 Å². The van der Waals surface area contributed by atoms with Crippen molar-refractivity contribution in [3.05, 3.63) is 65.2 Å². The first-order valence-electron chi connectivity index (χ1n) is 11.1. The van der Waals surface area contributed by atoms with Crippen molar-refractivity contribution in [3.8, 4) is 5.75 Å². The van der Waals surface area contributed by atoms with E-state index in [1.807, 2.05) is 6.92 Å². The number of halogens is 5. The summed E-state index contributed by atoms with van der Waals surface area (Å²) in [5.41, 5.74) is -5.20. The fourth-order valence-electron chi connectivity index (χ4n) is 3.19. The van der Waals surface area contributed by atoms with Gasteiger partial charge in [0.1, 0.15) is 5.75 Å². The first kappa shape index (κ1) is 28.9. The highest BCUT2D eigenvalue weighted by Crippen LogP contribution is 2.51. The molecule has 2 aromatic rings. The standard InChI is InChI=1S/C25H30F5NO3S/c1-6-7-16-34-20-14-12-19(13-15-20)23(25(28,29)30,31-35(33)22(3,4)5)24(26,27)21(32)18-10-8-17(2)9-11-18/h8-15,31H,6-7,16H2,1-5H3. The van der Waals surface area contributed by atoms with Crippen LogP contribution in [0.25, 0.3) is 0 Å². The minimum Gasteiger partial charge on any atom is -0.494 e. The number of Topliss-reactive ketones (excluding diaryl/α,β-unsaturated/α-hetero) is 1. The van der Waals surface area contributed by atoms with Crippen molar-refractivity contribution in [1.82, 2.24) is 4.72 Å². The van der Waals surface area contributed by atoms with E-state index in [9.17, 15) is 22.2 Å². The highest BCUT2D eigenvalue weighted by molar-refractivity contribution is 7.84. The SMILES string of the molecule is CCCCOc1ccc(C(NS(=O)C(C)(C)C)(C(F)(F)F)C(F)(F)C(=O)c2ccc(C)cc2)cc1. The number of alkyl halides is 5. The van der Waals surface area contributed by atoms with E-state index in [-0.39, 0.29) is 5.75 Å². The maximum atomic E-state index is 15.9. The number of unbranched alkanes of at least 4 members (excludes halogenated alkanes) is 1. The van der Waals surface area contributed by atoms with E-state index < -0.39 is 50.3 Å². The molecule has 194 valence electrons. The van der Waals surface area contributed by atoms with E-state index in [2.05, 4.69) is 0 Å². The van der Waals surface area contributed by atoms with E-state index in [4.69, 9.17) is 4.74 Å². The summed E-state index contributed by atoms with van der Waals surface area (Å²) in [5.74, 6) is -6.92. The molecule has 0 spiro atoms. The molecule has 0 aliphatic rings. The minimum absolute atomic E-state index is 0.184. The molecule has 0 aromatic heterocycles. The average molecular weight is 520 g/mol. The Labute approximate surface area is 204 Å². The average Bonchev–Trinajstić information content (AvgIpc) is 2.76. The zero-order valence-electron chi connectivity index (χ0n) is 20.3. The van der Waals surface area contributed by atoms with Crippen LogP contribution in [-0.2, 0) is 16.5 Å². The summed E-state index contributed by atoms with van der Waals surface area (Å²) >= 11 is 0. The molecule has 0 fully saturated rings. The van der Waals surface area contributed by atoms with Gasteiger partial charge in [-0.25, -0.2) is 8.93 Å². The van der Waals surface area contributed by atoms with Gasteiger partial charge >= 0.3 is 12.1 Å². The summed E-state index contributed by atoms with van der Waals surface area (Å²) in [6.45, 7) is 7.88. The maximum absolute atomic E-state index is 15.9. The van der Waals surface area contributed by atoms with Crippen LogP contribution in [0.15, 0.2) is 48.5 Å². The molecule has 2 rings (SSSR count). The summed E-state index contributed by atoms with van der Waals surface area (Å²) in [7, 11) is -2.62. The molecule has 2 unspecified atom stereocenters. The fourth-order valence-corrected chi connectivity index (χ4v) is 4.13. The van der Waals surface area contributed by atoms with Crippen LogP contribution >= 0.6 is 0 Å². The van der Waals surface area contributed by atoms with Crippen LogP contribution in [0.5, 0.6) is 5.75 Å². The van der Waals surface area contributed by atoms with E-state index in [0.29, 0.717) is 18.6 Å². The largest absolute Gasteiger partial charge is 0.494 e. The van der Waals surface area contributed by atoms with Crippen LogP contribution in [-0.4, -0.2) is 33.4 Å². The number of benzene rings is 2. The van der Waals surface area contributed by atoms with Gasteiger partial charge in [0.15, 0.2) is 0 Å². The molecule has 1 N–H and O–H groups in total. The molecule has 0 heterocycles. The van der Waals surface area contributed by atoms with Crippen LogP contribution in [0.3, 0.4) is 0 Å². The van der Waals surface area contributed by atoms with E-state index in [0.717, 1.165) is 42.8 Å². The van der Waals surface area contributed by atoms with Gasteiger partial charge in [0.2, 0.25) is 11.3 Å². The lowest BCUT2D eigenvalue weighted by atomic mass is 9.80. The lowest BCUT2D eigenvalue weighted by Gasteiger charge is -2.42. The molecule has 0 radical (unpaired) electrons. The molecule has 35 heavy (non-hydrogen) atoms. The van der Waals surface area contributed by atoms with Gasteiger partial charge < -0.3 is 4.74 Å². The molecular weight excluding hydrogens is 489 g/mol. The zero-order valence-corrected chi connectivity index (χ0v) is 21.1. The highest BCUT2D eigenvalue weighted by atomic mass is 32.2. The van der Waals surface area contributed by atoms with Crippen molar-refractivity contribution >= 4 is 16.8 Å². The molecule has 0 saturated carbocycles. The molecule has 10 heteroatoms. The van der Waals surface area contributed by atoms with Crippen LogP contribution in [0.4, 0.5) is 22.0 Å². The number of hydrogen-bond donors (Lipinski definition) is 1. The van der Waals surface area contributed by atoms with Crippen LogP contribution in [0, 0.1) is 6.92 Å². The molecule has 4 nitrogen and oxygen atoms in total. The molecule has 0 amide bonds. The Hall–Kier alpha value is -2.33. The number of nitrogens with one attached hydrogen (secondary N) is 1. The third-order valence-corrected chi connectivity index (χ3v) is 6.95. The van der Waals surface area contributed by atoms with Crippen molar-refractivity contribution in [2.45, 2.75) is 69.8 Å². The van der Waals surface area contributed by atoms with Gasteiger partial charge in [0.25, 0.3) is 0 Å². The number of rotatable bonds is 10. The summed E-state index contributed by atoms with van der Waals surface area (Å²) in [6.07, 6.45) is -4.20. The van der Waals surface area contributed by atoms with Crippen LogP contribution < -0.4 is 9.46 Å². The number of hydrogen-bond acceptors (Lipinski definition) is 3. The Morgan fingerprint density at radius 1 is 0.943 bits per heavy atom. The predicted molar refractivity (Wildman–Crippen MR) is 126 cm³/mol. The lowest BCUT2D eigenvalue weighted by molar-refractivity contribution is -0.249. The smallest absolute Gasteiger partial charge is 0.418 e. The van der Waals surface area contributed by atoms with E-state index >= 15 is 8.78 Å². The number of ketones is 1. The monoisotopic (exact) mass is 519 g/mol. The van der Waals surface area contributed by atoms with Crippen molar-refractivity contribution in [1.29, 1.82) is 0 Å². The predicted octanol–water partition coefficient (Wildman–Crippen LogP) is 6.50. The van der Waals surface area contributed by atoms with Crippen molar-refractivity contribution in [2.75, 3.05) is 6.61 Å². The van der Waals surface area contributed by atoms with E-state index in [1.54, 1.807) is 11.6 Å². The van der Waals surface area contributed by atoms with Crippen molar-refractivity contribution in [3.63, 3.8) is 0 Å². The first-order chi connectivity index (χ1) is 16.1. The Bertz CT molecular complexity index is 1030. The minimum atomic E-state index is -5.72. The second-order valence-electron chi connectivity index (χ2n) is 9.23.